The molecule has 1 aromatic rings. The van der Waals surface area contributed by atoms with Crippen molar-refractivity contribution >= 4 is 35.0 Å². The lowest BCUT2D eigenvalue weighted by Crippen LogP contribution is -2.56. The van der Waals surface area contributed by atoms with Gasteiger partial charge in [0.1, 0.15) is 0 Å². The minimum Gasteiger partial charge on any atom is -0.352 e. The quantitative estimate of drug-likeness (QED) is 0.755. The second kappa shape index (κ2) is 7.29. The molecule has 6 heteroatoms. The molecular formula is C21H26Cl2N2O2. The fraction of sp³-hybridized carbons (Fsp3) is 0.619. The molecule has 0 radical (unpaired) electrons. The molecule has 0 heterocycles. The van der Waals surface area contributed by atoms with Gasteiger partial charge in [-0.25, -0.2) is 0 Å². The number of amides is 2. The van der Waals surface area contributed by atoms with Crippen LogP contribution in [0, 0.1) is 23.2 Å². The zero-order chi connectivity index (χ0) is 19.2. The van der Waals surface area contributed by atoms with Gasteiger partial charge in [0.2, 0.25) is 5.91 Å². The topological polar surface area (TPSA) is 58.2 Å². The minimum atomic E-state index is -0.366. The maximum Gasteiger partial charge on any atom is 0.253 e. The molecule has 27 heavy (non-hydrogen) atoms. The number of rotatable bonds is 5. The van der Waals surface area contributed by atoms with Crippen LogP contribution in [0.4, 0.5) is 0 Å². The lowest BCUT2D eigenvalue weighted by Gasteiger charge is -2.59. The summed E-state index contributed by atoms with van der Waals surface area (Å²) in [5.74, 6) is 2.04. The molecule has 1 aromatic carbocycles. The van der Waals surface area contributed by atoms with Crippen LogP contribution in [-0.4, -0.2) is 24.4 Å². The first-order chi connectivity index (χ1) is 12.8. The van der Waals surface area contributed by atoms with Gasteiger partial charge >= 0.3 is 0 Å². The van der Waals surface area contributed by atoms with E-state index in [0.717, 1.165) is 17.8 Å². The van der Waals surface area contributed by atoms with Crippen molar-refractivity contribution in [2.75, 3.05) is 6.54 Å². The fourth-order valence-corrected chi connectivity index (χ4v) is 6.58. The Bertz CT molecular complexity index is 729. The Morgan fingerprint density at radius 2 is 1.70 bits per heavy atom. The van der Waals surface area contributed by atoms with Crippen molar-refractivity contribution in [3.8, 4) is 0 Å². The summed E-state index contributed by atoms with van der Waals surface area (Å²) in [6, 6.07) is 4.84. The summed E-state index contributed by atoms with van der Waals surface area (Å²) < 4.78 is 0. The van der Waals surface area contributed by atoms with Gasteiger partial charge in [0.15, 0.2) is 0 Å². The smallest absolute Gasteiger partial charge is 0.253 e. The Labute approximate surface area is 170 Å². The van der Waals surface area contributed by atoms with Gasteiger partial charge in [-0.1, -0.05) is 23.2 Å². The van der Waals surface area contributed by atoms with Gasteiger partial charge in [-0.15, -0.1) is 0 Å². The summed E-state index contributed by atoms with van der Waals surface area (Å²) in [4.78, 5) is 24.7. The van der Waals surface area contributed by atoms with Crippen molar-refractivity contribution in [1.29, 1.82) is 0 Å². The van der Waals surface area contributed by atoms with Crippen LogP contribution in [0.5, 0.6) is 0 Å². The maximum atomic E-state index is 12.4. The van der Waals surface area contributed by atoms with E-state index in [-0.39, 0.29) is 34.8 Å². The number of nitrogens with one attached hydrogen (secondary N) is 2. The Kier molecular flexibility index (Phi) is 5.15. The maximum absolute atomic E-state index is 12.4. The van der Waals surface area contributed by atoms with E-state index in [1.807, 2.05) is 0 Å². The van der Waals surface area contributed by atoms with E-state index >= 15 is 0 Å². The molecule has 146 valence electrons. The van der Waals surface area contributed by atoms with E-state index in [4.69, 9.17) is 23.2 Å². The molecule has 4 nitrogen and oxygen atoms in total. The minimum absolute atomic E-state index is 0.0471. The Hall–Kier alpha value is -1.26. The third-order valence-electron chi connectivity index (χ3n) is 6.97. The van der Waals surface area contributed by atoms with Crippen molar-refractivity contribution in [3.63, 3.8) is 0 Å². The zero-order valence-corrected chi connectivity index (χ0v) is 17.1. The van der Waals surface area contributed by atoms with Gasteiger partial charge in [-0.05, 0) is 86.8 Å². The SMILES string of the molecule is CC(NC(=O)CNC(=O)c1ccc(Cl)cc1Cl)C12CC3CC(CC(C3)C1)C2. The predicted molar refractivity (Wildman–Crippen MR) is 107 cm³/mol. The van der Waals surface area contributed by atoms with E-state index in [1.54, 1.807) is 12.1 Å². The molecule has 0 aromatic heterocycles. The van der Waals surface area contributed by atoms with Crippen LogP contribution in [0.3, 0.4) is 0 Å². The molecule has 2 N–H and O–H groups in total. The molecule has 0 saturated heterocycles. The lowest BCUT2D eigenvalue weighted by molar-refractivity contribution is -0.124. The van der Waals surface area contributed by atoms with Gasteiger partial charge in [-0.2, -0.15) is 0 Å². The fourth-order valence-electron chi connectivity index (χ4n) is 6.08. The number of benzene rings is 1. The van der Waals surface area contributed by atoms with Crippen molar-refractivity contribution in [3.05, 3.63) is 33.8 Å². The van der Waals surface area contributed by atoms with Gasteiger partial charge in [0.05, 0.1) is 17.1 Å². The third kappa shape index (κ3) is 3.84. The van der Waals surface area contributed by atoms with Gasteiger partial charge < -0.3 is 10.6 Å². The summed E-state index contributed by atoms with van der Waals surface area (Å²) in [6.07, 6.45) is 7.89. The molecule has 2 amide bonds. The molecule has 4 aliphatic rings. The second-order valence-corrected chi connectivity index (χ2v) is 9.72. The molecule has 1 atom stereocenters. The lowest BCUT2D eigenvalue weighted by atomic mass is 9.48. The third-order valence-corrected chi connectivity index (χ3v) is 7.51. The van der Waals surface area contributed by atoms with Crippen molar-refractivity contribution in [2.45, 2.75) is 51.5 Å². The van der Waals surface area contributed by atoms with Crippen molar-refractivity contribution in [1.82, 2.24) is 10.6 Å². The second-order valence-electron chi connectivity index (χ2n) is 8.88. The molecule has 1 unspecified atom stereocenters. The standard InChI is InChI=1S/C21H26Cl2N2O2/c1-12(21-8-13-4-14(9-21)6-15(5-13)10-21)25-19(26)11-24-20(27)17-3-2-16(22)7-18(17)23/h2-3,7,12-15H,4-6,8-11H2,1H3,(H,24,27)(H,25,26). The van der Waals surface area contributed by atoms with Crippen LogP contribution in [0.15, 0.2) is 18.2 Å². The number of carbonyl (C=O) groups is 2. The van der Waals surface area contributed by atoms with Crippen LogP contribution >= 0.6 is 23.2 Å². The Balaban J connectivity index is 1.32. The van der Waals surface area contributed by atoms with Gasteiger partial charge in [0.25, 0.3) is 5.91 Å². The Morgan fingerprint density at radius 1 is 1.11 bits per heavy atom. The highest BCUT2D eigenvalue weighted by Crippen LogP contribution is 2.61. The summed E-state index contributed by atoms with van der Waals surface area (Å²) in [6.45, 7) is 2.09. The Morgan fingerprint density at radius 3 is 2.26 bits per heavy atom. The van der Waals surface area contributed by atoms with E-state index in [0.29, 0.717) is 10.6 Å². The summed E-state index contributed by atoms with van der Waals surface area (Å²) in [5.41, 5.74) is 0.580. The molecule has 4 fully saturated rings. The first-order valence-electron chi connectivity index (χ1n) is 9.87. The highest BCUT2D eigenvalue weighted by molar-refractivity contribution is 6.36. The normalized spacial score (nSPS) is 32.2. The molecule has 4 bridgehead atoms. The highest BCUT2D eigenvalue weighted by atomic mass is 35.5. The summed E-state index contributed by atoms with van der Waals surface area (Å²) in [7, 11) is 0. The number of halogens is 2. The molecule has 4 saturated carbocycles. The highest BCUT2D eigenvalue weighted by Gasteiger charge is 2.53. The van der Waals surface area contributed by atoms with Crippen molar-refractivity contribution < 1.29 is 9.59 Å². The molecule has 0 aliphatic heterocycles. The van der Waals surface area contributed by atoms with E-state index in [1.165, 1.54) is 44.6 Å². The molecule has 5 rings (SSSR count). The first kappa shape index (κ1) is 19.1. The van der Waals surface area contributed by atoms with Crippen LogP contribution < -0.4 is 10.6 Å². The van der Waals surface area contributed by atoms with Crippen LogP contribution in [0.1, 0.15) is 55.8 Å². The monoisotopic (exact) mass is 408 g/mol. The largest absolute Gasteiger partial charge is 0.352 e. The van der Waals surface area contributed by atoms with E-state index < -0.39 is 0 Å². The van der Waals surface area contributed by atoms with Crippen LogP contribution in [-0.2, 0) is 4.79 Å². The van der Waals surface area contributed by atoms with E-state index in [9.17, 15) is 9.59 Å². The number of hydrogen-bond donors (Lipinski definition) is 2. The summed E-state index contributed by atoms with van der Waals surface area (Å²) >= 11 is 11.9. The average molecular weight is 409 g/mol. The molecule has 4 aliphatic carbocycles. The molecule has 0 spiro atoms. The van der Waals surface area contributed by atoms with Crippen LogP contribution in [0.2, 0.25) is 10.0 Å². The number of carbonyl (C=O) groups excluding carboxylic acids is 2. The zero-order valence-electron chi connectivity index (χ0n) is 15.6. The summed E-state index contributed by atoms with van der Waals surface area (Å²) in [5, 5.41) is 6.57. The number of hydrogen-bond acceptors (Lipinski definition) is 2. The van der Waals surface area contributed by atoms with Crippen molar-refractivity contribution in [2.24, 2.45) is 23.2 Å². The molecular weight excluding hydrogens is 383 g/mol. The van der Waals surface area contributed by atoms with Gasteiger partial charge in [-0.3, -0.25) is 9.59 Å². The van der Waals surface area contributed by atoms with E-state index in [2.05, 4.69) is 17.6 Å². The first-order valence-corrected chi connectivity index (χ1v) is 10.6. The van der Waals surface area contributed by atoms with Gasteiger partial charge in [0, 0.05) is 11.1 Å². The van der Waals surface area contributed by atoms with Crippen LogP contribution in [0.25, 0.3) is 0 Å². The predicted octanol–water partition coefficient (Wildman–Crippen LogP) is 4.44. The average Bonchev–Trinajstić information content (AvgIpc) is 2.58.